The number of methoxy groups -OCH3 is 1. The summed E-state index contributed by atoms with van der Waals surface area (Å²) in [6.45, 7) is 1.65. The largest absolute Gasteiger partial charge is 0.497 e. The Balaban J connectivity index is 1.44. The molecule has 4 rings (SSSR count). The molecule has 5 heteroatoms. The summed E-state index contributed by atoms with van der Waals surface area (Å²) in [4.78, 5) is 17.7. The number of carbonyl (C=O) groups is 1. The highest BCUT2D eigenvalue weighted by molar-refractivity contribution is 5.90. The van der Waals surface area contributed by atoms with Crippen LogP contribution in [0.2, 0.25) is 0 Å². The van der Waals surface area contributed by atoms with Crippen LogP contribution in [0.1, 0.15) is 62.1 Å². The maximum Gasteiger partial charge on any atom is 0.322 e. The quantitative estimate of drug-likeness (QED) is 0.638. The molecule has 1 atom stereocenters. The first-order chi connectivity index (χ1) is 15.2. The molecule has 1 saturated heterocycles. The summed E-state index contributed by atoms with van der Waals surface area (Å²) in [6, 6.07) is 17.1. The van der Waals surface area contributed by atoms with E-state index in [1.54, 1.807) is 7.11 Å². The van der Waals surface area contributed by atoms with Crippen molar-refractivity contribution >= 4 is 11.7 Å². The number of hydrogen-bond acceptors (Lipinski definition) is 3. The third-order valence-corrected chi connectivity index (χ3v) is 6.89. The van der Waals surface area contributed by atoms with E-state index in [9.17, 15) is 4.79 Å². The lowest BCUT2D eigenvalue weighted by atomic mass is 9.94. The number of amides is 2. The molecule has 2 aromatic carbocycles. The molecule has 31 heavy (non-hydrogen) atoms. The molecule has 2 amide bonds. The highest BCUT2D eigenvalue weighted by Gasteiger charge is 2.30. The van der Waals surface area contributed by atoms with Crippen LogP contribution in [-0.4, -0.2) is 42.6 Å². The topological polar surface area (TPSA) is 44.8 Å². The summed E-state index contributed by atoms with van der Waals surface area (Å²) < 4.78 is 5.28. The van der Waals surface area contributed by atoms with Crippen molar-refractivity contribution in [3.63, 3.8) is 0 Å². The van der Waals surface area contributed by atoms with Crippen LogP contribution >= 0.6 is 0 Å². The number of urea groups is 1. The summed E-state index contributed by atoms with van der Waals surface area (Å²) in [7, 11) is 3.89. The second-order valence-corrected chi connectivity index (χ2v) is 8.92. The molecule has 1 N–H and O–H groups in total. The van der Waals surface area contributed by atoms with E-state index in [0.29, 0.717) is 6.04 Å². The molecule has 2 aromatic rings. The lowest BCUT2D eigenvalue weighted by molar-refractivity contribution is 0.184. The van der Waals surface area contributed by atoms with Gasteiger partial charge in [0.1, 0.15) is 5.75 Å². The van der Waals surface area contributed by atoms with Crippen LogP contribution in [-0.2, 0) is 6.54 Å². The van der Waals surface area contributed by atoms with Gasteiger partial charge < -0.3 is 15.0 Å². The van der Waals surface area contributed by atoms with E-state index in [1.165, 1.54) is 43.2 Å². The van der Waals surface area contributed by atoms with E-state index in [4.69, 9.17) is 4.74 Å². The Hall–Kier alpha value is -2.53. The Morgan fingerprint density at radius 2 is 1.77 bits per heavy atom. The molecule has 1 aliphatic carbocycles. The fraction of sp³-hybridized carbons (Fsp3) is 0.500. The van der Waals surface area contributed by atoms with Gasteiger partial charge in [-0.2, -0.15) is 0 Å². The summed E-state index contributed by atoms with van der Waals surface area (Å²) in [6.07, 6.45) is 8.60. The number of para-hydroxylation sites is 1. The normalized spacial score (nSPS) is 19.6. The molecule has 0 spiro atoms. The minimum Gasteiger partial charge on any atom is -0.497 e. The number of nitrogens with one attached hydrogen (secondary N) is 1. The van der Waals surface area contributed by atoms with Crippen LogP contribution < -0.4 is 10.1 Å². The Kier molecular flexibility index (Phi) is 7.13. The summed E-state index contributed by atoms with van der Waals surface area (Å²) >= 11 is 0. The van der Waals surface area contributed by atoms with Crippen molar-refractivity contribution in [2.45, 2.75) is 63.6 Å². The fourth-order valence-electron chi connectivity index (χ4n) is 5.07. The van der Waals surface area contributed by atoms with E-state index in [1.807, 2.05) is 29.2 Å². The van der Waals surface area contributed by atoms with Crippen molar-refractivity contribution in [3.8, 4) is 5.75 Å². The first kappa shape index (κ1) is 21.7. The predicted molar refractivity (Wildman–Crippen MR) is 125 cm³/mol. The van der Waals surface area contributed by atoms with E-state index in [0.717, 1.165) is 37.4 Å². The average Bonchev–Trinajstić information content (AvgIpc) is 3.31. The zero-order chi connectivity index (χ0) is 21.6. The van der Waals surface area contributed by atoms with E-state index in [-0.39, 0.29) is 12.1 Å². The lowest BCUT2D eigenvalue weighted by Gasteiger charge is -2.32. The van der Waals surface area contributed by atoms with Crippen molar-refractivity contribution in [3.05, 3.63) is 59.7 Å². The smallest absolute Gasteiger partial charge is 0.322 e. The second-order valence-electron chi connectivity index (χ2n) is 8.92. The number of benzene rings is 2. The molecular weight excluding hydrogens is 386 g/mol. The Labute approximate surface area is 186 Å². The fourth-order valence-corrected chi connectivity index (χ4v) is 5.07. The van der Waals surface area contributed by atoms with Gasteiger partial charge in [-0.15, -0.1) is 0 Å². The molecule has 1 aliphatic heterocycles. The molecule has 2 fully saturated rings. The number of carbonyl (C=O) groups excluding carboxylic acids is 1. The molecule has 5 nitrogen and oxygen atoms in total. The second kappa shape index (κ2) is 10.2. The zero-order valence-electron chi connectivity index (χ0n) is 18.8. The molecule has 166 valence electrons. The van der Waals surface area contributed by atoms with Gasteiger partial charge in [-0.05, 0) is 62.1 Å². The van der Waals surface area contributed by atoms with Gasteiger partial charge in [0.05, 0.1) is 13.2 Å². The number of nitrogens with zero attached hydrogens (tertiary/aromatic N) is 2. The summed E-state index contributed by atoms with van der Waals surface area (Å²) in [5, 5.41) is 3.22. The first-order valence-electron chi connectivity index (χ1n) is 11.7. The molecule has 0 aromatic heterocycles. The van der Waals surface area contributed by atoms with Gasteiger partial charge in [-0.25, -0.2) is 4.79 Å². The Morgan fingerprint density at radius 3 is 2.52 bits per heavy atom. The summed E-state index contributed by atoms with van der Waals surface area (Å²) in [5.41, 5.74) is 3.28. The van der Waals surface area contributed by atoms with Crippen molar-refractivity contribution in [1.29, 1.82) is 0 Å². The molecule has 1 saturated carbocycles. The maximum atomic E-state index is 13.2. The van der Waals surface area contributed by atoms with Crippen LogP contribution in [0.4, 0.5) is 10.5 Å². The van der Waals surface area contributed by atoms with Gasteiger partial charge in [0.2, 0.25) is 0 Å². The average molecular weight is 422 g/mol. The standard InChI is InChI=1S/C26H35N3O2/c1-28(22-10-4-3-5-11-22)19-21-9-6-7-12-24(21)27-26(30)29-18-8-13-25(29)20-14-16-23(31-2)17-15-20/h6-7,9,12,14-17,22,25H,3-5,8,10-11,13,18-19H2,1-2H3,(H,27,30). The van der Waals surface area contributed by atoms with Crippen molar-refractivity contribution in [2.75, 3.05) is 26.0 Å². The maximum absolute atomic E-state index is 13.2. The van der Waals surface area contributed by atoms with Crippen LogP contribution in [0.15, 0.2) is 48.5 Å². The predicted octanol–water partition coefficient (Wildman–Crippen LogP) is 5.83. The third-order valence-electron chi connectivity index (χ3n) is 6.89. The number of hydrogen-bond donors (Lipinski definition) is 1. The highest BCUT2D eigenvalue weighted by Crippen LogP contribution is 2.33. The van der Waals surface area contributed by atoms with Gasteiger partial charge in [0.15, 0.2) is 0 Å². The SMILES string of the molecule is COc1ccc(C2CCCN2C(=O)Nc2ccccc2CN(C)C2CCCCC2)cc1. The molecule has 1 unspecified atom stereocenters. The number of ether oxygens (including phenoxy) is 1. The number of anilines is 1. The molecule has 0 bridgehead atoms. The van der Waals surface area contributed by atoms with Crippen molar-refractivity contribution < 1.29 is 9.53 Å². The Bertz CT molecular complexity index is 861. The van der Waals surface area contributed by atoms with Crippen LogP contribution in [0, 0.1) is 0 Å². The van der Waals surface area contributed by atoms with Crippen molar-refractivity contribution in [1.82, 2.24) is 9.80 Å². The molecule has 1 heterocycles. The number of likely N-dealkylation sites (tertiary alicyclic amines) is 1. The highest BCUT2D eigenvalue weighted by atomic mass is 16.5. The van der Waals surface area contributed by atoms with Gasteiger partial charge in [0.25, 0.3) is 0 Å². The number of rotatable bonds is 6. The van der Waals surface area contributed by atoms with Gasteiger partial charge in [-0.1, -0.05) is 49.6 Å². The van der Waals surface area contributed by atoms with Crippen molar-refractivity contribution in [2.24, 2.45) is 0 Å². The van der Waals surface area contributed by atoms with Gasteiger partial charge in [-0.3, -0.25) is 4.90 Å². The first-order valence-corrected chi connectivity index (χ1v) is 11.7. The van der Waals surface area contributed by atoms with Crippen LogP contribution in [0.3, 0.4) is 0 Å². The van der Waals surface area contributed by atoms with E-state index >= 15 is 0 Å². The van der Waals surface area contributed by atoms with E-state index < -0.39 is 0 Å². The minimum absolute atomic E-state index is 0.00825. The third kappa shape index (κ3) is 5.21. The van der Waals surface area contributed by atoms with Crippen LogP contribution in [0.25, 0.3) is 0 Å². The summed E-state index contributed by atoms with van der Waals surface area (Å²) in [5.74, 6) is 0.841. The lowest BCUT2D eigenvalue weighted by Crippen LogP contribution is -2.35. The Morgan fingerprint density at radius 1 is 1.03 bits per heavy atom. The van der Waals surface area contributed by atoms with Crippen LogP contribution in [0.5, 0.6) is 5.75 Å². The van der Waals surface area contributed by atoms with Gasteiger partial charge in [0, 0.05) is 24.8 Å². The van der Waals surface area contributed by atoms with Gasteiger partial charge >= 0.3 is 6.03 Å². The molecular formula is C26H35N3O2. The van der Waals surface area contributed by atoms with E-state index in [2.05, 4.69) is 41.5 Å². The monoisotopic (exact) mass is 421 g/mol. The molecule has 2 aliphatic rings. The molecule has 0 radical (unpaired) electrons. The zero-order valence-corrected chi connectivity index (χ0v) is 18.8. The minimum atomic E-state index is -0.00825.